The molecule has 142 valence electrons. The maximum Gasteiger partial charge on any atom is 0.343 e. The van der Waals surface area contributed by atoms with Gasteiger partial charge in [-0.15, -0.1) is 0 Å². The zero-order chi connectivity index (χ0) is 20.4. The minimum atomic E-state index is -0.682. The summed E-state index contributed by atoms with van der Waals surface area (Å²) in [4.78, 5) is 31.7. The molecule has 8 heteroatoms. The number of carbonyl (C=O) groups is 1. The molecule has 0 radical (unpaired) electrons. The fraction of sp³-hybridized carbons (Fsp3) is 0. The molecule has 0 N–H and O–H groups in total. The Morgan fingerprint density at radius 2 is 1.72 bits per heavy atom. The quantitative estimate of drug-likeness (QED) is 0.184. The summed E-state index contributed by atoms with van der Waals surface area (Å²) in [5.41, 5.74) is 3.00. The molecule has 7 nitrogen and oxygen atoms in total. The van der Waals surface area contributed by atoms with Gasteiger partial charge in [-0.25, -0.2) is 9.78 Å². The Morgan fingerprint density at radius 3 is 2.45 bits per heavy atom. The highest BCUT2D eigenvalue weighted by Crippen LogP contribution is 2.27. The number of nitro groups is 1. The number of nitro benzene ring substituents is 1. The predicted octanol–water partition coefficient (Wildman–Crippen LogP) is 5.19. The number of hydrogen-bond donors (Lipinski definition) is 0. The van der Waals surface area contributed by atoms with Crippen molar-refractivity contribution in [1.82, 2.24) is 9.97 Å². The Labute approximate surface area is 173 Å². The standard InChI is InChI=1S/C21H12BrN3O4/c22-16-10-7-14(11-20(16)25(27)28)21(26)29-15-8-5-13(6-9-15)19-12-23-17-3-1-2-4-18(17)24-19/h1-12H. The third kappa shape index (κ3) is 3.97. The molecule has 1 aromatic heterocycles. The third-order valence-electron chi connectivity index (χ3n) is 4.19. The highest BCUT2D eigenvalue weighted by atomic mass is 79.9. The molecule has 0 amide bonds. The first-order valence-corrected chi connectivity index (χ1v) is 9.29. The summed E-state index contributed by atoms with van der Waals surface area (Å²) < 4.78 is 5.61. The summed E-state index contributed by atoms with van der Waals surface area (Å²) in [5.74, 6) is -0.364. The number of esters is 1. The van der Waals surface area contributed by atoms with Crippen molar-refractivity contribution in [3.8, 4) is 17.0 Å². The van der Waals surface area contributed by atoms with Crippen molar-refractivity contribution in [2.45, 2.75) is 0 Å². The Hall–Kier alpha value is -3.65. The maximum absolute atomic E-state index is 12.3. The van der Waals surface area contributed by atoms with Gasteiger partial charge in [0.15, 0.2) is 0 Å². The van der Waals surface area contributed by atoms with Gasteiger partial charge in [0.1, 0.15) is 5.75 Å². The smallest absolute Gasteiger partial charge is 0.343 e. The van der Waals surface area contributed by atoms with Crippen LogP contribution in [0.1, 0.15) is 10.4 Å². The van der Waals surface area contributed by atoms with E-state index in [2.05, 4.69) is 25.9 Å². The summed E-state index contributed by atoms with van der Waals surface area (Å²) in [7, 11) is 0. The van der Waals surface area contributed by atoms with E-state index in [-0.39, 0.29) is 11.3 Å². The van der Waals surface area contributed by atoms with Crippen molar-refractivity contribution in [2.24, 2.45) is 0 Å². The van der Waals surface area contributed by atoms with Crippen LogP contribution in [0.2, 0.25) is 0 Å². The lowest BCUT2D eigenvalue weighted by Crippen LogP contribution is -2.09. The van der Waals surface area contributed by atoms with Crippen LogP contribution in [0.15, 0.2) is 77.4 Å². The van der Waals surface area contributed by atoms with Gasteiger partial charge < -0.3 is 4.74 Å². The molecule has 4 aromatic rings. The van der Waals surface area contributed by atoms with Gasteiger partial charge in [0.05, 0.1) is 37.9 Å². The molecule has 0 aliphatic heterocycles. The Bertz CT molecular complexity index is 1240. The van der Waals surface area contributed by atoms with Crippen molar-refractivity contribution in [3.63, 3.8) is 0 Å². The van der Waals surface area contributed by atoms with Gasteiger partial charge in [0.2, 0.25) is 0 Å². The van der Waals surface area contributed by atoms with Crippen LogP contribution in [0, 0.1) is 10.1 Å². The summed E-state index contributed by atoms with van der Waals surface area (Å²) in [6.45, 7) is 0. The molecule has 0 saturated carbocycles. The summed E-state index contributed by atoms with van der Waals surface area (Å²) in [5, 5.41) is 11.0. The number of aromatic nitrogens is 2. The molecular weight excluding hydrogens is 438 g/mol. The molecule has 0 saturated heterocycles. The second-order valence-electron chi connectivity index (χ2n) is 6.08. The lowest BCUT2D eigenvalue weighted by molar-refractivity contribution is -0.385. The minimum Gasteiger partial charge on any atom is -0.423 e. The van der Waals surface area contributed by atoms with E-state index in [1.165, 1.54) is 18.2 Å². The van der Waals surface area contributed by atoms with Crippen molar-refractivity contribution in [2.75, 3.05) is 0 Å². The summed E-state index contributed by atoms with van der Waals surface area (Å²) >= 11 is 3.09. The molecule has 0 aliphatic rings. The highest BCUT2D eigenvalue weighted by molar-refractivity contribution is 9.10. The number of para-hydroxylation sites is 2. The van der Waals surface area contributed by atoms with E-state index in [0.717, 1.165) is 16.6 Å². The number of fused-ring (bicyclic) bond motifs is 1. The maximum atomic E-state index is 12.3. The number of carbonyl (C=O) groups excluding carboxylic acids is 1. The molecule has 0 spiro atoms. The van der Waals surface area contributed by atoms with Gasteiger partial charge in [-0.2, -0.15) is 0 Å². The van der Waals surface area contributed by atoms with Gasteiger partial charge >= 0.3 is 5.97 Å². The van der Waals surface area contributed by atoms with Gasteiger partial charge in [0, 0.05) is 11.6 Å². The molecule has 29 heavy (non-hydrogen) atoms. The normalized spacial score (nSPS) is 10.7. The van der Waals surface area contributed by atoms with E-state index in [4.69, 9.17) is 4.74 Å². The molecular formula is C21H12BrN3O4. The topological polar surface area (TPSA) is 95.2 Å². The van der Waals surface area contributed by atoms with Crippen molar-refractivity contribution in [3.05, 3.63) is 93.1 Å². The lowest BCUT2D eigenvalue weighted by atomic mass is 10.1. The van der Waals surface area contributed by atoms with Crippen LogP contribution in [0.4, 0.5) is 5.69 Å². The Balaban J connectivity index is 1.54. The summed E-state index contributed by atoms with van der Waals surface area (Å²) in [6.07, 6.45) is 1.68. The van der Waals surface area contributed by atoms with Gasteiger partial charge in [-0.05, 0) is 64.5 Å². The van der Waals surface area contributed by atoms with E-state index < -0.39 is 10.9 Å². The van der Waals surface area contributed by atoms with E-state index >= 15 is 0 Å². The van der Waals surface area contributed by atoms with Crippen LogP contribution < -0.4 is 4.74 Å². The average Bonchev–Trinajstić information content (AvgIpc) is 2.74. The number of rotatable bonds is 4. The fourth-order valence-electron chi connectivity index (χ4n) is 2.74. The zero-order valence-electron chi connectivity index (χ0n) is 14.8. The largest absolute Gasteiger partial charge is 0.423 e. The SMILES string of the molecule is O=C(Oc1ccc(-c2cnc3ccccc3n2)cc1)c1ccc(Br)c([N+](=O)[O-])c1. The second-order valence-corrected chi connectivity index (χ2v) is 6.94. The van der Waals surface area contributed by atoms with Gasteiger partial charge in [-0.1, -0.05) is 12.1 Å². The van der Waals surface area contributed by atoms with E-state index in [9.17, 15) is 14.9 Å². The van der Waals surface area contributed by atoms with E-state index in [1.807, 2.05) is 24.3 Å². The lowest BCUT2D eigenvalue weighted by Gasteiger charge is -2.07. The zero-order valence-corrected chi connectivity index (χ0v) is 16.4. The van der Waals surface area contributed by atoms with Crippen molar-refractivity contribution in [1.29, 1.82) is 0 Å². The van der Waals surface area contributed by atoms with E-state index in [1.54, 1.807) is 30.5 Å². The second kappa shape index (κ2) is 7.76. The first kappa shape index (κ1) is 18.7. The molecule has 1 heterocycles. The highest BCUT2D eigenvalue weighted by Gasteiger charge is 2.17. The van der Waals surface area contributed by atoms with Crippen LogP contribution in [0.5, 0.6) is 5.75 Å². The summed E-state index contributed by atoms with van der Waals surface area (Å²) in [6, 6.07) is 18.5. The van der Waals surface area contributed by atoms with Crippen molar-refractivity contribution >= 4 is 38.6 Å². The molecule has 0 bridgehead atoms. The van der Waals surface area contributed by atoms with Crippen LogP contribution in [-0.4, -0.2) is 20.9 Å². The van der Waals surface area contributed by atoms with Crippen LogP contribution in [-0.2, 0) is 0 Å². The van der Waals surface area contributed by atoms with Gasteiger partial charge in [0.25, 0.3) is 5.69 Å². The molecule has 0 unspecified atom stereocenters. The molecule has 0 fully saturated rings. The molecule has 3 aromatic carbocycles. The Morgan fingerprint density at radius 1 is 1.00 bits per heavy atom. The number of hydrogen-bond acceptors (Lipinski definition) is 6. The number of ether oxygens (including phenoxy) is 1. The Kier molecular flexibility index (Phi) is 5.01. The monoisotopic (exact) mass is 449 g/mol. The van der Waals surface area contributed by atoms with Crippen LogP contribution in [0.3, 0.4) is 0 Å². The van der Waals surface area contributed by atoms with Crippen LogP contribution in [0.25, 0.3) is 22.3 Å². The first-order valence-electron chi connectivity index (χ1n) is 8.49. The number of benzene rings is 3. The fourth-order valence-corrected chi connectivity index (χ4v) is 3.13. The van der Waals surface area contributed by atoms with Gasteiger partial charge in [-0.3, -0.25) is 15.1 Å². The first-order chi connectivity index (χ1) is 14.0. The third-order valence-corrected chi connectivity index (χ3v) is 4.86. The molecule has 0 aliphatic carbocycles. The number of halogens is 1. The predicted molar refractivity (Wildman–Crippen MR) is 111 cm³/mol. The van der Waals surface area contributed by atoms with Crippen molar-refractivity contribution < 1.29 is 14.5 Å². The number of nitrogens with zero attached hydrogens (tertiary/aromatic N) is 3. The van der Waals surface area contributed by atoms with E-state index in [0.29, 0.717) is 15.9 Å². The molecule has 4 rings (SSSR count). The molecule has 0 atom stereocenters. The van der Waals surface area contributed by atoms with Crippen LogP contribution >= 0.6 is 15.9 Å². The minimum absolute atomic E-state index is 0.0874. The average molecular weight is 450 g/mol.